The van der Waals surface area contributed by atoms with E-state index >= 15 is 0 Å². The highest BCUT2D eigenvalue weighted by molar-refractivity contribution is 6.30. The molecule has 7 heteroatoms. The average Bonchev–Trinajstić information content (AvgIpc) is 3.49. The van der Waals surface area contributed by atoms with E-state index in [-0.39, 0.29) is 36.0 Å². The van der Waals surface area contributed by atoms with Gasteiger partial charge in [-0.2, -0.15) is 0 Å². The van der Waals surface area contributed by atoms with Gasteiger partial charge in [0.05, 0.1) is 12.5 Å². The molecule has 1 N–H and O–H groups in total. The van der Waals surface area contributed by atoms with E-state index in [2.05, 4.69) is 17.4 Å². The third-order valence-corrected chi connectivity index (χ3v) is 9.03. The molecule has 1 aliphatic heterocycles. The summed E-state index contributed by atoms with van der Waals surface area (Å²) in [6.45, 7) is 8.07. The summed E-state index contributed by atoms with van der Waals surface area (Å²) in [5.74, 6) is -0.119. The zero-order valence-corrected chi connectivity index (χ0v) is 27.0. The minimum Gasteiger partial charge on any atom is -0.460 e. The summed E-state index contributed by atoms with van der Waals surface area (Å²) >= 11 is 6.21. The number of hydrogen-bond acceptors (Lipinski definition) is 4. The van der Waals surface area contributed by atoms with Gasteiger partial charge in [-0.1, -0.05) is 60.8 Å². The lowest BCUT2D eigenvalue weighted by molar-refractivity contribution is -0.154. The highest BCUT2D eigenvalue weighted by Gasteiger charge is 2.33. The molecule has 1 atom stereocenters. The zero-order chi connectivity index (χ0) is 31.4. The van der Waals surface area contributed by atoms with Crippen LogP contribution in [0.4, 0.5) is 11.4 Å². The summed E-state index contributed by atoms with van der Waals surface area (Å²) in [5.41, 5.74) is 6.28. The number of halogens is 1. The number of carbonyl (C=O) groups excluding carboxylic acids is 3. The number of amides is 2. The predicted molar refractivity (Wildman–Crippen MR) is 176 cm³/mol. The number of rotatable bonds is 9. The molecule has 1 aliphatic carbocycles. The van der Waals surface area contributed by atoms with Gasteiger partial charge in [-0.15, -0.1) is 0 Å². The van der Waals surface area contributed by atoms with E-state index in [4.69, 9.17) is 16.3 Å². The van der Waals surface area contributed by atoms with E-state index in [1.54, 1.807) is 0 Å². The summed E-state index contributed by atoms with van der Waals surface area (Å²) in [6.07, 6.45) is 6.32. The molecule has 2 aliphatic rings. The van der Waals surface area contributed by atoms with Gasteiger partial charge in [-0.3, -0.25) is 14.4 Å². The van der Waals surface area contributed by atoms with Crippen LogP contribution in [-0.2, 0) is 38.5 Å². The molecule has 2 amide bonds. The summed E-state index contributed by atoms with van der Waals surface area (Å²) in [6, 6.07) is 19.8. The fourth-order valence-electron chi connectivity index (χ4n) is 6.57. The van der Waals surface area contributed by atoms with Gasteiger partial charge in [-0.05, 0) is 111 Å². The molecule has 3 aromatic rings. The molecule has 0 bridgehead atoms. The van der Waals surface area contributed by atoms with E-state index in [9.17, 15) is 14.4 Å². The quantitative estimate of drug-likeness (QED) is 0.246. The number of carbonyl (C=O) groups is 3. The molecular formula is C37H43ClN2O4. The lowest BCUT2D eigenvalue weighted by Crippen LogP contribution is -2.34. The number of benzene rings is 3. The Balaban J connectivity index is 1.31. The third-order valence-electron chi connectivity index (χ3n) is 8.80. The minimum atomic E-state index is -0.513. The van der Waals surface area contributed by atoms with Crippen LogP contribution >= 0.6 is 11.6 Å². The standard InChI is InChI=1S/C37H43ClN2O4/c1-24-26(17-21-34(42)44-37(2,3)4)10-7-11-31(24)39-36(43)35(27-8-5-6-9-27)28-14-12-25(13-15-28)23-40-32-19-18-30(38)22-29(32)16-20-33(40)41/h7,10-15,18-19,22,27,35H,5-6,8-9,16-17,20-21,23H2,1-4H3,(H,39,43). The van der Waals surface area contributed by atoms with Gasteiger partial charge >= 0.3 is 5.97 Å². The molecule has 0 aromatic heterocycles. The molecular weight excluding hydrogens is 572 g/mol. The van der Waals surface area contributed by atoms with Crippen LogP contribution in [0, 0.1) is 12.8 Å². The smallest absolute Gasteiger partial charge is 0.306 e. The number of ether oxygens (including phenoxy) is 1. The Morgan fingerprint density at radius 1 is 1.02 bits per heavy atom. The number of esters is 1. The van der Waals surface area contributed by atoms with Crippen molar-refractivity contribution in [2.24, 2.45) is 5.92 Å². The molecule has 232 valence electrons. The molecule has 1 fully saturated rings. The highest BCUT2D eigenvalue weighted by Crippen LogP contribution is 2.39. The average molecular weight is 615 g/mol. The number of nitrogens with zero attached hydrogens (tertiary/aromatic N) is 1. The third kappa shape index (κ3) is 7.71. The van der Waals surface area contributed by atoms with Crippen LogP contribution in [0.3, 0.4) is 0 Å². The Morgan fingerprint density at radius 2 is 1.75 bits per heavy atom. The van der Waals surface area contributed by atoms with Gasteiger partial charge in [0.25, 0.3) is 0 Å². The van der Waals surface area contributed by atoms with Gasteiger partial charge in [0.15, 0.2) is 0 Å². The number of anilines is 2. The Labute approximate surface area is 266 Å². The highest BCUT2D eigenvalue weighted by atomic mass is 35.5. The van der Waals surface area contributed by atoms with Crippen LogP contribution in [-0.4, -0.2) is 23.4 Å². The zero-order valence-electron chi connectivity index (χ0n) is 26.3. The van der Waals surface area contributed by atoms with Crippen molar-refractivity contribution in [2.45, 2.75) is 97.1 Å². The van der Waals surface area contributed by atoms with Gasteiger partial charge in [0, 0.05) is 29.2 Å². The monoisotopic (exact) mass is 614 g/mol. The van der Waals surface area contributed by atoms with Gasteiger partial charge in [0.1, 0.15) is 5.60 Å². The first-order chi connectivity index (χ1) is 21.0. The van der Waals surface area contributed by atoms with Crippen LogP contribution in [0.15, 0.2) is 60.7 Å². The first-order valence-electron chi connectivity index (χ1n) is 15.8. The van der Waals surface area contributed by atoms with E-state index in [1.165, 1.54) is 0 Å². The minimum absolute atomic E-state index is 0.00550. The molecule has 1 heterocycles. The van der Waals surface area contributed by atoms with Crippen molar-refractivity contribution in [3.05, 3.63) is 93.5 Å². The number of hydrogen-bond donors (Lipinski definition) is 1. The fraction of sp³-hybridized carbons (Fsp3) is 0.432. The van der Waals surface area contributed by atoms with Gasteiger partial charge in [-0.25, -0.2) is 0 Å². The maximum atomic E-state index is 13.9. The Morgan fingerprint density at radius 3 is 2.45 bits per heavy atom. The van der Waals surface area contributed by atoms with Crippen LogP contribution in [0.2, 0.25) is 5.02 Å². The second-order valence-electron chi connectivity index (χ2n) is 13.2. The second kappa shape index (κ2) is 13.6. The molecule has 3 aromatic carbocycles. The maximum absolute atomic E-state index is 13.9. The molecule has 1 unspecified atom stereocenters. The number of nitrogens with one attached hydrogen (secondary N) is 1. The van der Waals surface area contributed by atoms with Crippen molar-refractivity contribution >= 4 is 40.8 Å². The lowest BCUT2D eigenvalue weighted by Gasteiger charge is -2.30. The summed E-state index contributed by atoms with van der Waals surface area (Å²) in [4.78, 5) is 40.9. The second-order valence-corrected chi connectivity index (χ2v) is 13.6. The summed E-state index contributed by atoms with van der Waals surface area (Å²) in [5, 5.41) is 3.92. The molecule has 6 nitrogen and oxygen atoms in total. The SMILES string of the molecule is Cc1c(CCC(=O)OC(C)(C)C)cccc1NC(=O)C(c1ccc(CN2C(=O)CCc3cc(Cl)ccc32)cc1)C1CCCC1. The Bertz CT molecular complexity index is 1520. The van der Waals surface area contributed by atoms with Crippen molar-refractivity contribution in [2.75, 3.05) is 10.2 Å². The van der Waals surface area contributed by atoms with Crippen molar-refractivity contribution < 1.29 is 19.1 Å². The predicted octanol–water partition coefficient (Wildman–Crippen LogP) is 8.31. The molecule has 5 rings (SSSR count). The molecule has 0 radical (unpaired) electrons. The normalized spacial score (nSPS) is 16.0. The van der Waals surface area contributed by atoms with E-state index in [1.807, 2.05) is 81.1 Å². The van der Waals surface area contributed by atoms with Crippen molar-refractivity contribution in [1.82, 2.24) is 0 Å². The molecule has 1 saturated carbocycles. The molecule has 44 heavy (non-hydrogen) atoms. The topological polar surface area (TPSA) is 75.7 Å². The van der Waals surface area contributed by atoms with Crippen LogP contribution < -0.4 is 10.2 Å². The Kier molecular flexibility index (Phi) is 9.79. The van der Waals surface area contributed by atoms with E-state index < -0.39 is 5.60 Å². The number of fused-ring (bicyclic) bond motifs is 1. The maximum Gasteiger partial charge on any atom is 0.306 e. The lowest BCUT2D eigenvalue weighted by atomic mass is 9.83. The molecule has 0 spiro atoms. The van der Waals surface area contributed by atoms with Crippen molar-refractivity contribution in [3.8, 4) is 0 Å². The summed E-state index contributed by atoms with van der Waals surface area (Å²) < 4.78 is 5.47. The first kappa shape index (κ1) is 31.8. The van der Waals surface area contributed by atoms with Crippen LogP contribution in [0.25, 0.3) is 0 Å². The van der Waals surface area contributed by atoms with Crippen molar-refractivity contribution in [1.29, 1.82) is 0 Å². The number of aryl methyl sites for hydroxylation is 2. The van der Waals surface area contributed by atoms with E-state index in [0.717, 1.165) is 64.9 Å². The Hall–Kier alpha value is -3.64. The van der Waals surface area contributed by atoms with Crippen LogP contribution in [0.1, 0.15) is 93.0 Å². The molecule has 0 saturated heterocycles. The van der Waals surface area contributed by atoms with E-state index in [0.29, 0.717) is 30.8 Å². The van der Waals surface area contributed by atoms with Gasteiger partial charge in [0.2, 0.25) is 11.8 Å². The fourth-order valence-corrected chi connectivity index (χ4v) is 6.77. The largest absolute Gasteiger partial charge is 0.460 e. The van der Waals surface area contributed by atoms with Crippen LogP contribution in [0.5, 0.6) is 0 Å². The van der Waals surface area contributed by atoms with Crippen molar-refractivity contribution in [3.63, 3.8) is 0 Å². The first-order valence-corrected chi connectivity index (χ1v) is 16.1. The van der Waals surface area contributed by atoms with Gasteiger partial charge < -0.3 is 15.0 Å². The summed E-state index contributed by atoms with van der Waals surface area (Å²) in [7, 11) is 0.